The van der Waals surface area contributed by atoms with E-state index < -0.39 is 25.1 Å². The SMILES string of the molecule is [2H]C([2H])c1c(OC([2H])([2H])[2H])cc(C)oc1=O. The van der Waals surface area contributed by atoms with Crippen molar-refractivity contribution in [3.63, 3.8) is 0 Å². The van der Waals surface area contributed by atoms with E-state index in [9.17, 15) is 4.79 Å². The maximum atomic E-state index is 11.3. The van der Waals surface area contributed by atoms with Crippen molar-refractivity contribution in [2.75, 3.05) is 7.04 Å². The molecule has 0 aromatic carbocycles. The summed E-state index contributed by atoms with van der Waals surface area (Å²) in [6, 6.07) is 1.18. The molecule has 0 amide bonds. The van der Waals surface area contributed by atoms with Gasteiger partial charge in [0.15, 0.2) is 0 Å². The van der Waals surface area contributed by atoms with E-state index in [1.54, 1.807) is 0 Å². The Morgan fingerprint density at radius 2 is 2.55 bits per heavy atom. The maximum Gasteiger partial charge on any atom is 0.342 e. The Bertz CT molecular complexity index is 434. The summed E-state index contributed by atoms with van der Waals surface area (Å²) >= 11 is 0. The lowest BCUT2D eigenvalue weighted by Crippen LogP contribution is -2.05. The molecule has 0 spiro atoms. The van der Waals surface area contributed by atoms with Crippen LogP contribution in [0.3, 0.4) is 0 Å². The predicted octanol–water partition coefficient (Wildman–Crippen LogP) is 1.27. The molecule has 0 N–H and O–H groups in total. The summed E-state index contributed by atoms with van der Waals surface area (Å²) in [4.78, 5) is 11.3. The van der Waals surface area contributed by atoms with Gasteiger partial charge in [-0.1, -0.05) is 0 Å². The summed E-state index contributed by atoms with van der Waals surface area (Å²) in [6.45, 7) is -0.213. The van der Waals surface area contributed by atoms with Crippen molar-refractivity contribution >= 4 is 0 Å². The van der Waals surface area contributed by atoms with Crippen molar-refractivity contribution in [3.05, 3.63) is 27.8 Å². The third-order valence-corrected chi connectivity index (χ3v) is 1.18. The molecule has 60 valence electrons. The second-order valence-corrected chi connectivity index (χ2v) is 2.02. The highest BCUT2D eigenvalue weighted by Crippen LogP contribution is 2.13. The largest absolute Gasteiger partial charge is 0.496 e. The zero-order chi connectivity index (χ0) is 12.5. The molecule has 1 rings (SSSR count). The van der Waals surface area contributed by atoms with Crippen LogP contribution < -0.4 is 10.4 Å². The molecule has 11 heavy (non-hydrogen) atoms. The van der Waals surface area contributed by atoms with Gasteiger partial charge in [0, 0.05) is 8.81 Å². The molecule has 0 saturated carbocycles. The van der Waals surface area contributed by atoms with Crippen LogP contribution in [0, 0.1) is 13.8 Å². The van der Waals surface area contributed by atoms with Crippen molar-refractivity contribution in [3.8, 4) is 5.75 Å². The molecule has 3 nitrogen and oxygen atoms in total. The summed E-state index contributed by atoms with van der Waals surface area (Å²) in [6.07, 6.45) is 0. The van der Waals surface area contributed by atoms with Gasteiger partial charge in [-0.05, 0) is 13.8 Å². The third-order valence-electron chi connectivity index (χ3n) is 1.18. The lowest BCUT2D eigenvalue weighted by Gasteiger charge is -2.01. The van der Waals surface area contributed by atoms with E-state index in [2.05, 4.69) is 9.15 Å². The van der Waals surface area contributed by atoms with Gasteiger partial charge in [0.25, 0.3) is 0 Å². The van der Waals surface area contributed by atoms with Crippen LogP contribution in [0.1, 0.15) is 18.2 Å². The molecule has 3 heteroatoms. The predicted molar refractivity (Wildman–Crippen MR) is 41.0 cm³/mol. The van der Waals surface area contributed by atoms with Crippen LogP contribution >= 0.6 is 0 Å². The van der Waals surface area contributed by atoms with E-state index in [0.717, 1.165) is 0 Å². The molecule has 1 aromatic rings. The number of aryl methyl sites for hydroxylation is 1. The standard InChI is InChI=1S/C8H10O3/c1-5-4-7(10-3)6(2)8(9)11-5/h4H,1-3H3/i2D2,3D3. The highest BCUT2D eigenvalue weighted by molar-refractivity contribution is 5.29. The topological polar surface area (TPSA) is 39.4 Å². The lowest BCUT2D eigenvalue weighted by molar-refractivity contribution is 0.391. The number of ether oxygens (including phenoxy) is 1. The Balaban J connectivity index is 3.30. The molecular formula is C8H10O3. The van der Waals surface area contributed by atoms with Gasteiger partial charge in [-0.3, -0.25) is 0 Å². The minimum Gasteiger partial charge on any atom is -0.496 e. The van der Waals surface area contributed by atoms with Gasteiger partial charge in [0.05, 0.1) is 16.7 Å². The first-order chi connectivity index (χ1) is 7.20. The number of methoxy groups -OCH3 is 1. The fourth-order valence-corrected chi connectivity index (χ4v) is 0.678. The van der Waals surface area contributed by atoms with E-state index in [0.29, 0.717) is 0 Å². The van der Waals surface area contributed by atoms with Crippen molar-refractivity contribution in [1.82, 2.24) is 0 Å². The van der Waals surface area contributed by atoms with E-state index in [4.69, 9.17) is 6.85 Å². The summed E-state index contributed by atoms with van der Waals surface area (Å²) in [5, 5.41) is 0. The Hall–Kier alpha value is -1.25. The maximum absolute atomic E-state index is 11.3. The van der Waals surface area contributed by atoms with Crippen LogP contribution in [-0.4, -0.2) is 7.04 Å². The van der Waals surface area contributed by atoms with Crippen molar-refractivity contribution in [2.24, 2.45) is 0 Å². The number of rotatable bonds is 1. The first kappa shape index (κ1) is 3.43. The normalized spacial score (nSPS) is 17.8. The minimum absolute atomic E-state index is 0.161. The van der Waals surface area contributed by atoms with Crippen LogP contribution in [0.15, 0.2) is 15.3 Å². The molecule has 0 saturated heterocycles. The van der Waals surface area contributed by atoms with Crippen LogP contribution in [-0.2, 0) is 0 Å². The molecule has 0 unspecified atom stereocenters. The average molecular weight is 159 g/mol. The molecule has 0 fully saturated rings. The molecule has 0 aliphatic heterocycles. The fourth-order valence-electron chi connectivity index (χ4n) is 0.678. The highest BCUT2D eigenvalue weighted by Gasteiger charge is 2.04. The first-order valence-corrected chi connectivity index (χ1v) is 2.89. The van der Waals surface area contributed by atoms with Gasteiger partial charge in [-0.25, -0.2) is 4.79 Å². The Kier molecular flexibility index (Phi) is 0.867. The van der Waals surface area contributed by atoms with Gasteiger partial charge in [-0.15, -0.1) is 0 Å². The number of hydrogen-bond acceptors (Lipinski definition) is 3. The van der Waals surface area contributed by atoms with Gasteiger partial charge in [0.1, 0.15) is 11.5 Å². The summed E-state index contributed by atoms with van der Waals surface area (Å²) in [5.41, 5.74) is -1.34. The molecular weight excluding hydrogens is 144 g/mol. The monoisotopic (exact) mass is 159 g/mol. The first-order valence-electron chi connectivity index (χ1n) is 5.54. The second kappa shape index (κ2) is 2.78. The van der Waals surface area contributed by atoms with E-state index >= 15 is 0 Å². The molecule has 1 heterocycles. The molecule has 0 aliphatic carbocycles. The third kappa shape index (κ3) is 1.42. The number of hydrogen-bond donors (Lipinski definition) is 0. The van der Waals surface area contributed by atoms with E-state index in [1.165, 1.54) is 13.0 Å². The lowest BCUT2D eigenvalue weighted by atomic mass is 10.3. The molecule has 0 bridgehead atoms. The molecule has 1 aromatic heterocycles. The zero-order valence-corrected chi connectivity index (χ0v) is 5.88. The van der Waals surface area contributed by atoms with Crippen molar-refractivity contribution in [1.29, 1.82) is 0 Å². The second-order valence-electron chi connectivity index (χ2n) is 2.02. The quantitative estimate of drug-likeness (QED) is 0.619. The smallest absolute Gasteiger partial charge is 0.342 e. The Morgan fingerprint density at radius 3 is 3.18 bits per heavy atom. The van der Waals surface area contributed by atoms with E-state index in [-0.39, 0.29) is 11.5 Å². The molecule has 0 aliphatic rings. The minimum atomic E-state index is -2.73. The van der Waals surface area contributed by atoms with E-state index in [1.807, 2.05) is 0 Å². The van der Waals surface area contributed by atoms with Gasteiger partial charge >= 0.3 is 5.63 Å². The average Bonchev–Trinajstić information content (AvgIpc) is 1.96. The fraction of sp³-hybridized carbons (Fsp3) is 0.375. The zero-order valence-electron chi connectivity index (χ0n) is 10.9. The van der Waals surface area contributed by atoms with Crippen LogP contribution in [0.2, 0.25) is 0 Å². The Morgan fingerprint density at radius 1 is 1.73 bits per heavy atom. The van der Waals surface area contributed by atoms with Gasteiger partial charge in [0.2, 0.25) is 0 Å². The van der Waals surface area contributed by atoms with Crippen LogP contribution in [0.4, 0.5) is 0 Å². The van der Waals surface area contributed by atoms with Crippen molar-refractivity contribution < 1.29 is 16.0 Å². The highest BCUT2D eigenvalue weighted by atomic mass is 16.5. The summed E-state index contributed by atoms with van der Waals surface area (Å²) < 4.78 is 44.2. The van der Waals surface area contributed by atoms with Crippen LogP contribution in [0.25, 0.3) is 0 Å². The van der Waals surface area contributed by atoms with Crippen LogP contribution in [0.5, 0.6) is 5.75 Å². The summed E-state index contributed by atoms with van der Waals surface area (Å²) in [7, 11) is -2.73. The van der Waals surface area contributed by atoms with Crippen molar-refractivity contribution in [2.45, 2.75) is 13.8 Å². The Labute approximate surface area is 71.6 Å². The summed E-state index contributed by atoms with van der Waals surface area (Å²) in [5.74, 6) is -0.141. The molecule has 0 atom stereocenters. The molecule has 0 radical (unpaired) electrons. The van der Waals surface area contributed by atoms with Gasteiger partial charge < -0.3 is 9.15 Å². The van der Waals surface area contributed by atoms with Gasteiger partial charge in [-0.2, -0.15) is 0 Å².